The van der Waals surface area contributed by atoms with Gasteiger partial charge in [-0.25, -0.2) is 8.37 Å². The Kier molecular flexibility index (Phi) is 16.9. The summed E-state index contributed by atoms with van der Waals surface area (Å²) in [4.78, 5) is 0. The fraction of sp³-hybridized carbons (Fsp3) is 0.391. The lowest BCUT2D eigenvalue weighted by atomic mass is 10.2. The van der Waals surface area contributed by atoms with Gasteiger partial charge in [-0.3, -0.25) is 9.11 Å². The van der Waals surface area contributed by atoms with Crippen LogP contribution in [0.1, 0.15) is 44.9 Å². The lowest BCUT2D eigenvalue weighted by molar-refractivity contribution is 0.151. The Labute approximate surface area is 196 Å². The number of hydrogen-bond acceptors (Lipinski definition) is 6. The predicted molar refractivity (Wildman–Crippen MR) is 124 cm³/mol. The highest BCUT2D eigenvalue weighted by Crippen LogP contribution is 2.01. The first kappa shape index (κ1) is 30.0. The summed E-state index contributed by atoms with van der Waals surface area (Å²) in [5, 5.41) is 0. The summed E-state index contributed by atoms with van der Waals surface area (Å²) in [5.74, 6) is 23.1. The molecular formula is C23H24O8S2. The minimum absolute atomic E-state index is 0.457. The minimum Gasteiger partial charge on any atom is -0.264 e. The molecule has 0 fully saturated rings. The van der Waals surface area contributed by atoms with Gasteiger partial charge in [0.15, 0.2) is 6.10 Å². The Balaban J connectivity index is 4.22. The molecule has 0 aromatic carbocycles. The van der Waals surface area contributed by atoms with Crippen LogP contribution in [-0.2, 0) is 29.2 Å². The molecule has 0 bridgehead atoms. The Morgan fingerprint density at radius 3 is 2.00 bits per heavy atom. The van der Waals surface area contributed by atoms with Crippen molar-refractivity contribution in [1.82, 2.24) is 0 Å². The van der Waals surface area contributed by atoms with Crippen LogP contribution in [0.5, 0.6) is 0 Å². The molecule has 0 aromatic rings. The van der Waals surface area contributed by atoms with Crippen molar-refractivity contribution < 1.29 is 34.3 Å². The molecule has 10 heteroatoms. The third-order valence-electron chi connectivity index (χ3n) is 3.22. The van der Waals surface area contributed by atoms with Gasteiger partial charge in [0.1, 0.15) is 6.61 Å². The van der Waals surface area contributed by atoms with Crippen molar-refractivity contribution >= 4 is 20.8 Å². The van der Waals surface area contributed by atoms with Gasteiger partial charge in [-0.2, -0.15) is 16.8 Å². The lowest BCUT2D eigenvalue weighted by Crippen LogP contribution is -2.23. The van der Waals surface area contributed by atoms with Gasteiger partial charge in [0, 0.05) is 12.8 Å². The van der Waals surface area contributed by atoms with Crippen molar-refractivity contribution in [2.24, 2.45) is 0 Å². The van der Waals surface area contributed by atoms with Crippen LogP contribution >= 0.6 is 0 Å². The summed E-state index contributed by atoms with van der Waals surface area (Å²) < 4.78 is 67.6. The van der Waals surface area contributed by atoms with Crippen LogP contribution in [0.4, 0.5) is 0 Å². The average molecular weight is 493 g/mol. The molecule has 0 saturated carbocycles. The topological polar surface area (TPSA) is 127 Å². The number of hydrogen-bond donors (Lipinski definition) is 2. The zero-order chi connectivity index (χ0) is 24.8. The average Bonchev–Trinajstić information content (AvgIpc) is 2.72. The van der Waals surface area contributed by atoms with Gasteiger partial charge in [0.2, 0.25) is 0 Å². The predicted octanol–water partition coefficient (Wildman–Crippen LogP) is 2.48. The van der Waals surface area contributed by atoms with Crippen LogP contribution in [0.3, 0.4) is 0 Å². The maximum Gasteiger partial charge on any atom is 0.398 e. The number of terminal acetylenes is 1. The van der Waals surface area contributed by atoms with Crippen LogP contribution in [0.2, 0.25) is 0 Å². The van der Waals surface area contributed by atoms with E-state index in [9.17, 15) is 16.8 Å². The van der Waals surface area contributed by atoms with Gasteiger partial charge in [-0.05, 0) is 67.9 Å². The summed E-state index contributed by atoms with van der Waals surface area (Å²) in [6, 6.07) is 0. The van der Waals surface area contributed by atoms with Gasteiger partial charge in [0.05, 0.1) is 0 Å². The molecule has 0 amide bonds. The molecule has 2 N–H and O–H groups in total. The third kappa shape index (κ3) is 25.2. The molecule has 0 saturated heterocycles. The fourth-order valence-electron chi connectivity index (χ4n) is 1.88. The maximum atomic E-state index is 10.7. The third-order valence-corrected chi connectivity index (χ3v) is 4.13. The Morgan fingerprint density at radius 2 is 1.42 bits per heavy atom. The van der Waals surface area contributed by atoms with Crippen molar-refractivity contribution in [3.05, 3.63) is 24.3 Å². The Hall–Kier alpha value is -2.98. The summed E-state index contributed by atoms with van der Waals surface area (Å²) in [5.41, 5.74) is 0. The van der Waals surface area contributed by atoms with Crippen LogP contribution in [0.15, 0.2) is 24.3 Å². The molecule has 1 unspecified atom stereocenters. The molecule has 0 aliphatic rings. The highest BCUT2D eigenvalue weighted by molar-refractivity contribution is 7.81. The molecule has 176 valence electrons. The molecule has 0 aliphatic carbocycles. The van der Waals surface area contributed by atoms with E-state index in [1.807, 2.05) is 12.2 Å². The van der Waals surface area contributed by atoms with Crippen molar-refractivity contribution in [1.29, 1.82) is 0 Å². The van der Waals surface area contributed by atoms with Crippen LogP contribution in [0, 0.1) is 59.7 Å². The quantitative estimate of drug-likeness (QED) is 0.242. The van der Waals surface area contributed by atoms with E-state index in [-0.39, 0.29) is 0 Å². The van der Waals surface area contributed by atoms with Crippen molar-refractivity contribution in [2.75, 3.05) is 6.61 Å². The molecule has 0 heterocycles. The van der Waals surface area contributed by atoms with E-state index in [1.165, 1.54) is 0 Å². The van der Waals surface area contributed by atoms with E-state index >= 15 is 0 Å². The normalized spacial score (nSPS) is 11.7. The lowest BCUT2D eigenvalue weighted by Gasteiger charge is -2.07. The number of unbranched alkanes of at least 4 members (excludes halogenated alkanes) is 5. The van der Waals surface area contributed by atoms with Gasteiger partial charge >= 0.3 is 20.8 Å². The molecule has 0 radical (unpaired) electrons. The molecule has 8 nitrogen and oxygen atoms in total. The molecule has 1 atom stereocenters. The first-order valence-corrected chi connectivity index (χ1v) is 12.4. The summed E-state index contributed by atoms with van der Waals surface area (Å²) in [7, 11) is -9.74. The van der Waals surface area contributed by atoms with Crippen LogP contribution < -0.4 is 0 Å². The van der Waals surface area contributed by atoms with Gasteiger partial charge in [0.25, 0.3) is 0 Å². The molecule has 0 aliphatic heterocycles. The largest absolute Gasteiger partial charge is 0.398 e. The number of rotatable bonds is 12. The van der Waals surface area contributed by atoms with Crippen molar-refractivity contribution in [3.63, 3.8) is 0 Å². The fourth-order valence-corrected chi connectivity index (χ4v) is 2.57. The monoisotopic (exact) mass is 492 g/mol. The molecule has 33 heavy (non-hydrogen) atoms. The summed E-state index contributed by atoms with van der Waals surface area (Å²) >= 11 is 0. The first-order valence-electron chi connectivity index (χ1n) is 9.64. The molecular weight excluding hydrogens is 468 g/mol. The second kappa shape index (κ2) is 18.6. The Bertz CT molecular complexity index is 1160. The van der Waals surface area contributed by atoms with Crippen molar-refractivity contribution in [3.8, 4) is 59.7 Å². The first-order chi connectivity index (χ1) is 15.6. The molecule has 0 rings (SSSR count). The second-order valence-corrected chi connectivity index (χ2v) is 8.12. The van der Waals surface area contributed by atoms with E-state index in [1.54, 1.807) is 12.2 Å². The highest BCUT2D eigenvalue weighted by atomic mass is 32.3. The van der Waals surface area contributed by atoms with Gasteiger partial charge < -0.3 is 0 Å². The van der Waals surface area contributed by atoms with Gasteiger partial charge in [-0.1, -0.05) is 41.8 Å². The van der Waals surface area contributed by atoms with E-state index < -0.39 is 33.5 Å². The van der Waals surface area contributed by atoms with Crippen LogP contribution in [-0.4, -0.2) is 38.7 Å². The maximum absolute atomic E-state index is 10.7. The molecule has 0 spiro atoms. The standard InChI is InChI=1S/C23H24O8S2/c1-2-3-4-5-6-7-8-9-10-11-12-13-14-15-16-17-18-19-20-21-23(31-33(27,28)29)22-30-32(24,25)26/h1,3-4,9-10,23H,5-8,15-17,22H2,(H,24,25,26)(H,27,28,29)/b4-3-,10-9-. The second-order valence-electron chi connectivity index (χ2n) is 5.98. The van der Waals surface area contributed by atoms with Crippen molar-refractivity contribution in [2.45, 2.75) is 51.0 Å². The zero-order valence-corrected chi connectivity index (χ0v) is 19.4. The van der Waals surface area contributed by atoms with E-state index in [0.29, 0.717) is 19.3 Å². The summed E-state index contributed by atoms with van der Waals surface area (Å²) in [6.45, 7) is -0.954. The Morgan fingerprint density at radius 1 is 0.818 bits per heavy atom. The van der Waals surface area contributed by atoms with Crippen LogP contribution in [0.25, 0.3) is 0 Å². The van der Waals surface area contributed by atoms with E-state index in [4.69, 9.17) is 15.5 Å². The minimum atomic E-state index is -4.91. The van der Waals surface area contributed by atoms with E-state index in [2.05, 4.69) is 61.7 Å². The summed E-state index contributed by atoms with van der Waals surface area (Å²) in [6.07, 6.45) is 16.6. The SMILES string of the molecule is C#C/C=C\CCCC/C=C\C#CC#CCCCC#CC#CC(COS(=O)(=O)O)OS(=O)(=O)O. The number of allylic oxidation sites excluding steroid dienone is 4. The molecule has 0 aromatic heterocycles. The zero-order valence-electron chi connectivity index (χ0n) is 17.8. The van der Waals surface area contributed by atoms with E-state index in [0.717, 1.165) is 25.7 Å². The van der Waals surface area contributed by atoms with Gasteiger partial charge in [-0.15, -0.1) is 6.42 Å². The highest BCUT2D eigenvalue weighted by Gasteiger charge is 2.18. The smallest absolute Gasteiger partial charge is 0.264 e.